The minimum atomic E-state index is -0.443. The van der Waals surface area contributed by atoms with E-state index in [9.17, 15) is 0 Å². The highest BCUT2D eigenvalue weighted by molar-refractivity contribution is 5.03. The number of hydrogen-bond acceptors (Lipinski definition) is 6. The molecule has 0 aromatic carbocycles. The molecule has 1 saturated carbocycles. The van der Waals surface area contributed by atoms with Crippen LogP contribution < -0.4 is 22.9 Å². The second-order valence-electron chi connectivity index (χ2n) is 5.47. The molecule has 19 heavy (non-hydrogen) atoms. The van der Waals surface area contributed by atoms with Crippen LogP contribution in [0.2, 0.25) is 0 Å². The molecule has 0 saturated heterocycles. The molecule has 0 aromatic rings. The fraction of sp³-hybridized carbons (Fsp3) is 1.00. The van der Waals surface area contributed by atoms with Crippen molar-refractivity contribution in [3.63, 3.8) is 0 Å². The molecular weight excluding hydrogens is 244 g/mol. The van der Waals surface area contributed by atoms with Crippen molar-refractivity contribution in [2.24, 2.45) is 28.9 Å². The molecular formula is C13H30N4O2. The van der Waals surface area contributed by atoms with Crippen molar-refractivity contribution in [2.75, 3.05) is 32.9 Å². The van der Waals surface area contributed by atoms with Crippen LogP contribution in [0.15, 0.2) is 0 Å². The molecule has 1 fully saturated rings. The maximum Gasteiger partial charge on any atom is 0.0991 e. The van der Waals surface area contributed by atoms with Gasteiger partial charge in [0.25, 0.3) is 0 Å². The molecule has 1 aliphatic carbocycles. The van der Waals surface area contributed by atoms with Crippen molar-refractivity contribution >= 4 is 0 Å². The van der Waals surface area contributed by atoms with Crippen molar-refractivity contribution in [1.82, 2.24) is 0 Å². The third kappa shape index (κ3) is 4.37. The number of hydrogen-bond donors (Lipinski definition) is 4. The molecule has 114 valence electrons. The predicted octanol–water partition coefficient (Wildman–Crippen LogP) is -0.850. The Bertz CT molecular complexity index is 255. The van der Waals surface area contributed by atoms with Crippen LogP contribution in [0.3, 0.4) is 0 Å². The summed E-state index contributed by atoms with van der Waals surface area (Å²) in [5, 5.41) is 0. The topological polar surface area (TPSA) is 123 Å². The molecule has 0 radical (unpaired) electrons. The van der Waals surface area contributed by atoms with Gasteiger partial charge in [0.2, 0.25) is 0 Å². The van der Waals surface area contributed by atoms with E-state index in [4.69, 9.17) is 32.4 Å². The second-order valence-corrected chi connectivity index (χ2v) is 5.47. The van der Waals surface area contributed by atoms with Gasteiger partial charge < -0.3 is 32.4 Å². The first kappa shape index (κ1) is 16.8. The van der Waals surface area contributed by atoms with Crippen molar-refractivity contribution in [2.45, 2.75) is 43.9 Å². The van der Waals surface area contributed by atoms with E-state index in [-0.39, 0.29) is 18.1 Å². The normalized spacial score (nSPS) is 33.3. The lowest BCUT2D eigenvalue weighted by molar-refractivity contribution is -0.0785. The Morgan fingerprint density at radius 3 is 2.58 bits per heavy atom. The molecule has 6 heteroatoms. The van der Waals surface area contributed by atoms with Gasteiger partial charge in [0.15, 0.2) is 0 Å². The predicted molar refractivity (Wildman–Crippen MR) is 76.6 cm³/mol. The molecule has 0 heterocycles. The third-order valence-corrected chi connectivity index (χ3v) is 4.20. The van der Waals surface area contributed by atoms with E-state index < -0.39 is 5.54 Å². The molecule has 8 N–H and O–H groups in total. The maximum absolute atomic E-state index is 6.60. The largest absolute Gasteiger partial charge is 0.377 e. The highest BCUT2D eigenvalue weighted by atomic mass is 16.5. The van der Waals surface area contributed by atoms with Gasteiger partial charge in [0, 0.05) is 24.7 Å². The Morgan fingerprint density at radius 1 is 1.26 bits per heavy atom. The minimum absolute atomic E-state index is 0.122. The number of ether oxygens (including phenoxy) is 2. The zero-order chi connectivity index (χ0) is 14.3. The molecule has 0 bridgehead atoms. The first-order chi connectivity index (χ1) is 9.06. The van der Waals surface area contributed by atoms with Crippen LogP contribution in [0, 0.1) is 5.92 Å². The van der Waals surface area contributed by atoms with Gasteiger partial charge in [-0.25, -0.2) is 0 Å². The summed E-state index contributed by atoms with van der Waals surface area (Å²) >= 11 is 0. The van der Waals surface area contributed by atoms with E-state index in [1.54, 1.807) is 0 Å². The summed E-state index contributed by atoms with van der Waals surface area (Å²) in [7, 11) is 0. The van der Waals surface area contributed by atoms with Gasteiger partial charge in [-0.1, -0.05) is 6.92 Å². The van der Waals surface area contributed by atoms with Crippen molar-refractivity contribution in [1.29, 1.82) is 0 Å². The average Bonchev–Trinajstić information content (AvgIpc) is 2.40. The number of rotatable bonds is 8. The van der Waals surface area contributed by atoms with Crippen LogP contribution in [0.25, 0.3) is 0 Å². The van der Waals surface area contributed by atoms with E-state index >= 15 is 0 Å². The summed E-state index contributed by atoms with van der Waals surface area (Å²) in [6.45, 7) is 4.52. The molecule has 0 aromatic heterocycles. The zero-order valence-corrected chi connectivity index (χ0v) is 12.0. The zero-order valence-electron chi connectivity index (χ0n) is 12.0. The standard InChI is InChI=1S/C13H30N4O2/c1-10-11(16)3-2-4-13(10,17)12(19-8-6-15)9-18-7-5-14/h10-12H,2-9,14-17H2,1H3. The Balaban J connectivity index is 2.68. The molecule has 0 spiro atoms. The smallest absolute Gasteiger partial charge is 0.0991 e. The lowest BCUT2D eigenvalue weighted by Gasteiger charge is -2.47. The Kier molecular flexibility index (Phi) is 7.20. The minimum Gasteiger partial charge on any atom is -0.377 e. The molecule has 6 nitrogen and oxygen atoms in total. The highest BCUT2D eigenvalue weighted by Gasteiger charge is 2.45. The Morgan fingerprint density at radius 2 is 1.95 bits per heavy atom. The van der Waals surface area contributed by atoms with Gasteiger partial charge in [-0.05, 0) is 25.2 Å². The van der Waals surface area contributed by atoms with Crippen LogP contribution in [-0.4, -0.2) is 50.6 Å². The molecule has 1 aliphatic rings. The lowest BCUT2D eigenvalue weighted by atomic mass is 9.69. The van der Waals surface area contributed by atoms with E-state index in [2.05, 4.69) is 6.92 Å². The van der Waals surface area contributed by atoms with Gasteiger partial charge in [0.1, 0.15) is 0 Å². The van der Waals surface area contributed by atoms with E-state index in [1.807, 2.05) is 0 Å². The maximum atomic E-state index is 6.60. The average molecular weight is 274 g/mol. The summed E-state index contributed by atoms with van der Waals surface area (Å²) in [5.74, 6) is 0.200. The molecule has 4 unspecified atom stereocenters. The molecule has 4 atom stereocenters. The lowest BCUT2D eigenvalue weighted by Crippen LogP contribution is -2.64. The molecule has 0 aliphatic heterocycles. The van der Waals surface area contributed by atoms with E-state index in [0.717, 1.165) is 19.3 Å². The summed E-state index contributed by atoms with van der Waals surface area (Å²) < 4.78 is 11.4. The first-order valence-electron chi connectivity index (χ1n) is 7.20. The molecule has 1 rings (SSSR count). The van der Waals surface area contributed by atoms with Gasteiger partial charge in [0.05, 0.1) is 25.9 Å². The number of nitrogens with two attached hydrogens (primary N) is 4. The van der Waals surface area contributed by atoms with Crippen molar-refractivity contribution in [3.05, 3.63) is 0 Å². The fourth-order valence-electron chi connectivity index (χ4n) is 2.82. The van der Waals surface area contributed by atoms with E-state index in [0.29, 0.717) is 32.9 Å². The summed E-state index contributed by atoms with van der Waals surface area (Å²) in [6, 6.07) is 0.122. The van der Waals surface area contributed by atoms with Crippen LogP contribution in [0.5, 0.6) is 0 Å². The Hall–Kier alpha value is -0.240. The van der Waals surface area contributed by atoms with Gasteiger partial charge in [-0.2, -0.15) is 0 Å². The SMILES string of the molecule is CC1C(N)CCCC1(N)C(COCCN)OCCN. The summed E-state index contributed by atoms with van der Waals surface area (Å²) in [6.07, 6.45) is 2.78. The van der Waals surface area contributed by atoms with Crippen LogP contribution in [0.4, 0.5) is 0 Å². The summed E-state index contributed by atoms with van der Waals surface area (Å²) in [4.78, 5) is 0. The third-order valence-electron chi connectivity index (χ3n) is 4.20. The van der Waals surface area contributed by atoms with Crippen LogP contribution in [0.1, 0.15) is 26.2 Å². The molecule has 0 amide bonds. The van der Waals surface area contributed by atoms with Gasteiger partial charge in [-0.15, -0.1) is 0 Å². The van der Waals surface area contributed by atoms with Crippen LogP contribution in [-0.2, 0) is 9.47 Å². The Labute approximate surface area is 116 Å². The van der Waals surface area contributed by atoms with Crippen molar-refractivity contribution < 1.29 is 9.47 Å². The second kappa shape index (κ2) is 8.14. The highest BCUT2D eigenvalue weighted by Crippen LogP contribution is 2.35. The fourth-order valence-corrected chi connectivity index (χ4v) is 2.82. The van der Waals surface area contributed by atoms with Crippen LogP contribution >= 0.6 is 0 Å². The quantitative estimate of drug-likeness (QED) is 0.428. The monoisotopic (exact) mass is 274 g/mol. The van der Waals surface area contributed by atoms with Gasteiger partial charge >= 0.3 is 0 Å². The van der Waals surface area contributed by atoms with Gasteiger partial charge in [-0.3, -0.25) is 0 Å². The first-order valence-corrected chi connectivity index (χ1v) is 7.20. The van der Waals surface area contributed by atoms with Crippen molar-refractivity contribution in [3.8, 4) is 0 Å². The summed E-state index contributed by atoms with van der Waals surface area (Å²) in [5.41, 5.74) is 23.3. The van der Waals surface area contributed by atoms with E-state index in [1.165, 1.54) is 0 Å².